The van der Waals surface area contributed by atoms with Crippen molar-refractivity contribution in [2.75, 3.05) is 37.5 Å². The van der Waals surface area contributed by atoms with Crippen molar-refractivity contribution in [1.82, 2.24) is 14.5 Å². The Balaban J connectivity index is 1.80. The molecule has 8 nitrogen and oxygen atoms in total. The van der Waals surface area contributed by atoms with Crippen LogP contribution in [-0.4, -0.2) is 76.2 Å². The molecule has 1 N–H and O–H groups in total. The van der Waals surface area contributed by atoms with Crippen molar-refractivity contribution in [3.63, 3.8) is 0 Å². The van der Waals surface area contributed by atoms with Gasteiger partial charge in [-0.15, -0.1) is 11.8 Å². The SMILES string of the molecule is COC[C@H]1CSc2c(C3=CCC(F)(F)CC3)c(C(F)(F)F)cc3c(N4CC(C)N(C(=O)O)C(C)C4)nc(=O)n1c23. The molecular weight excluding hydrogens is 559 g/mol. The Labute approximate surface area is 230 Å². The number of ether oxygens (including phenoxy) is 1. The molecule has 1 aliphatic carbocycles. The van der Waals surface area contributed by atoms with E-state index in [1.54, 1.807) is 18.7 Å². The molecule has 0 radical (unpaired) electrons. The van der Waals surface area contributed by atoms with Crippen molar-refractivity contribution < 1.29 is 36.6 Å². The fourth-order valence-corrected chi connectivity index (χ4v) is 7.42. The van der Waals surface area contributed by atoms with Crippen LogP contribution in [-0.2, 0) is 10.9 Å². The molecule has 1 amide bonds. The van der Waals surface area contributed by atoms with Crippen LogP contribution in [0.1, 0.15) is 50.3 Å². The first-order valence-corrected chi connectivity index (χ1v) is 13.9. The van der Waals surface area contributed by atoms with Crippen LogP contribution >= 0.6 is 11.8 Å². The van der Waals surface area contributed by atoms with E-state index < -0.39 is 60.4 Å². The summed E-state index contributed by atoms with van der Waals surface area (Å²) in [6, 6.07) is -0.567. The minimum atomic E-state index is -4.81. The fraction of sp³-hybridized carbons (Fsp3) is 0.577. The van der Waals surface area contributed by atoms with Crippen LogP contribution in [0.15, 0.2) is 21.8 Å². The molecule has 0 bridgehead atoms. The molecule has 2 aliphatic heterocycles. The van der Waals surface area contributed by atoms with Crippen molar-refractivity contribution in [3.8, 4) is 0 Å². The van der Waals surface area contributed by atoms with E-state index in [1.165, 1.54) is 22.7 Å². The number of benzene rings is 1. The van der Waals surface area contributed by atoms with Gasteiger partial charge < -0.3 is 14.7 Å². The van der Waals surface area contributed by atoms with Gasteiger partial charge in [-0.1, -0.05) is 6.08 Å². The quantitative estimate of drug-likeness (QED) is 0.473. The molecule has 1 aromatic heterocycles. The standard InChI is InChI=1S/C26H29F5N4O4S/c1-13-9-33(10-14(2)34(13)24(37)38)22-17-8-18(26(29,30)31)19(15-4-6-25(27,28)7-5-15)21-20(17)35(23(36)32-22)16(11-39-3)12-40-21/h4,8,13-14,16H,5-7,9-12H2,1-3H3,(H,37,38)/t13?,14?,16-/m0/s1. The van der Waals surface area contributed by atoms with Crippen molar-refractivity contribution in [3.05, 3.63) is 33.8 Å². The second-order valence-electron chi connectivity index (χ2n) is 10.6. The lowest BCUT2D eigenvalue weighted by molar-refractivity contribution is -0.137. The van der Waals surface area contributed by atoms with Crippen LogP contribution < -0.4 is 10.6 Å². The lowest BCUT2D eigenvalue weighted by Gasteiger charge is -2.43. The maximum Gasteiger partial charge on any atom is 0.417 e. The summed E-state index contributed by atoms with van der Waals surface area (Å²) in [6.45, 7) is 3.73. The van der Waals surface area contributed by atoms with E-state index in [4.69, 9.17) is 4.74 Å². The minimum Gasteiger partial charge on any atom is -0.465 e. The minimum absolute atomic E-state index is 0.0427. The number of methoxy groups -OCH3 is 1. The van der Waals surface area contributed by atoms with Crippen molar-refractivity contribution in [1.29, 1.82) is 0 Å². The van der Waals surface area contributed by atoms with Gasteiger partial charge in [0.25, 0.3) is 5.92 Å². The number of nitrogens with zero attached hydrogens (tertiary/aromatic N) is 4. The summed E-state index contributed by atoms with van der Waals surface area (Å²) in [6.07, 6.45) is -6.21. The number of hydrogen-bond donors (Lipinski definition) is 1. The number of allylic oxidation sites excluding steroid dienone is 2. The molecule has 0 saturated carbocycles. The molecule has 40 heavy (non-hydrogen) atoms. The molecule has 14 heteroatoms. The van der Waals surface area contributed by atoms with Crippen molar-refractivity contribution in [2.24, 2.45) is 0 Å². The van der Waals surface area contributed by atoms with Gasteiger partial charge in [0.05, 0.1) is 35.8 Å². The second kappa shape index (κ2) is 10.2. The lowest BCUT2D eigenvalue weighted by Crippen LogP contribution is -2.58. The van der Waals surface area contributed by atoms with E-state index in [-0.39, 0.29) is 64.6 Å². The van der Waals surface area contributed by atoms with E-state index in [2.05, 4.69) is 4.98 Å². The molecule has 1 aromatic carbocycles. The van der Waals surface area contributed by atoms with Gasteiger partial charge in [0.2, 0.25) is 0 Å². The molecule has 1 fully saturated rings. The number of hydrogen-bond acceptors (Lipinski definition) is 6. The molecule has 3 aliphatic rings. The molecule has 218 valence electrons. The number of carbonyl (C=O) groups is 1. The molecular formula is C26H29F5N4O4S. The maximum atomic E-state index is 14.7. The van der Waals surface area contributed by atoms with Gasteiger partial charge in [0.15, 0.2) is 0 Å². The average Bonchev–Trinajstić information content (AvgIpc) is 2.85. The number of thioether (sulfide) groups is 1. The molecule has 0 spiro atoms. The predicted octanol–water partition coefficient (Wildman–Crippen LogP) is 5.49. The van der Waals surface area contributed by atoms with Gasteiger partial charge in [-0.25, -0.2) is 18.4 Å². The monoisotopic (exact) mass is 588 g/mol. The summed E-state index contributed by atoms with van der Waals surface area (Å²) in [4.78, 5) is 32.6. The van der Waals surface area contributed by atoms with Crippen LogP contribution in [0.2, 0.25) is 0 Å². The zero-order chi connectivity index (χ0) is 29.1. The van der Waals surface area contributed by atoms with Gasteiger partial charge in [-0.2, -0.15) is 18.2 Å². The van der Waals surface area contributed by atoms with Gasteiger partial charge in [0, 0.05) is 54.6 Å². The molecule has 2 unspecified atom stereocenters. The van der Waals surface area contributed by atoms with Gasteiger partial charge in [-0.05, 0) is 31.9 Å². The smallest absolute Gasteiger partial charge is 0.417 e. The van der Waals surface area contributed by atoms with E-state index >= 15 is 0 Å². The first-order valence-electron chi connectivity index (χ1n) is 12.9. The largest absolute Gasteiger partial charge is 0.465 e. The number of amides is 1. The highest BCUT2D eigenvalue weighted by Crippen LogP contribution is 2.50. The first-order chi connectivity index (χ1) is 18.7. The van der Waals surface area contributed by atoms with Gasteiger partial charge in [0.1, 0.15) is 5.82 Å². The highest BCUT2D eigenvalue weighted by atomic mass is 32.2. The molecule has 2 aromatic rings. The zero-order valence-corrected chi connectivity index (χ0v) is 22.9. The Morgan fingerprint density at radius 2 is 1.93 bits per heavy atom. The lowest BCUT2D eigenvalue weighted by atomic mass is 9.87. The number of piperazine rings is 1. The number of carboxylic acid groups (broad SMARTS) is 1. The summed E-state index contributed by atoms with van der Waals surface area (Å²) in [7, 11) is 1.46. The van der Waals surface area contributed by atoms with Crippen molar-refractivity contribution >= 4 is 40.1 Å². The zero-order valence-electron chi connectivity index (χ0n) is 22.1. The average molecular weight is 589 g/mol. The molecule has 5 rings (SSSR count). The highest BCUT2D eigenvalue weighted by Gasteiger charge is 2.42. The van der Waals surface area contributed by atoms with E-state index in [0.29, 0.717) is 0 Å². The summed E-state index contributed by atoms with van der Waals surface area (Å²) in [5.41, 5.74) is -1.36. The normalized spacial score (nSPS) is 24.8. The van der Waals surface area contributed by atoms with Crippen LogP contribution in [0.4, 0.5) is 32.6 Å². The third kappa shape index (κ3) is 4.93. The van der Waals surface area contributed by atoms with E-state index in [1.807, 2.05) is 0 Å². The number of alkyl halides is 5. The van der Waals surface area contributed by atoms with Gasteiger partial charge in [-0.3, -0.25) is 9.47 Å². The van der Waals surface area contributed by atoms with E-state index in [9.17, 15) is 36.6 Å². The Morgan fingerprint density at radius 1 is 1.25 bits per heavy atom. The third-order valence-electron chi connectivity index (χ3n) is 7.76. The Morgan fingerprint density at radius 3 is 2.48 bits per heavy atom. The molecule has 3 heterocycles. The Bertz CT molecular complexity index is 1430. The number of anilines is 1. The van der Waals surface area contributed by atoms with Crippen LogP contribution in [0.5, 0.6) is 0 Å². The maximum absolute atomic E-state index is 14.7. The first kappa shape index (κ1) is 28.7. The Hall–Kier alpha value is -2.87. The summed E-state index contributed by atoms with van der Waals surface area (Å²) >= 11 is 1.15. The van der Waals surface area contributed by atoms with Crippen LogP contribution in [0.25, 0.3) is 16.5 Å². The number of rotatable bonds is 4. The summed E-state index contributed by atoms with van der Waals surface area (Å²) in [5, 5.41) is 9.70. The number of aromatic nitrogens is 2. The van der Waals surface area contributed by atoms with Crippen LogP contribution in [0.3, 0.4) is 0 Å². The highest BCUT2D eigenvalue weighted by molar-refractivity contribution is 7.99. The summed E-state index contributed by atoms with van der Waals surface area (Å²) < 4.78 is 78.5. The van der Waals surface area contributed by atoms with Crippen molar-refractivity contribution in [2.45, 2.75) is 68.2 Å². The predicted molar refractivity (Wildman–Crippen MR) is 140 cm³/mol. The summed E-state index contributed by atoms with van der Waals surface area (Å²) in [5.74, 6) is -2.71. The third-order valence-corrected chi connectivity index (χ3v) is 9.00. The molecule has 3 atom stereocenters. The topological polar surface area (TPSA) is 87.9 Å². The number of halogens is 5. The Kier molecular flexibility index (Phi) is 7.30. The second-order valence-corrected chi connectivity index (χ2v) is 11.6. The van der Waals surface area contributed by atoms with Gasteiger partial charge >= 0.3 is 18.0 Å². The fourth-order valence-electron chi connectivity index (χ4n) is 6.08. The van der Waals surface area contributed by atoms with Crippen LogP contribution in [0, 0.1) is 0 Å². The van der Waals surface area contributed by atoms with E-state index in [0.717, 1.165) is 17.8 Å². The molecule has 1 saturated heterocycles.